The van der Waals surface area contributed by atoms with E-state index < -0.39 is 24.0 Å². The third-order valence-electron chi connectivity index (χ3n) is 2.92. The summed E-state index contributed by atoms with van der Waals surface area (Å²) in [5.41, 5.74) is 2.54. The summed E-state index contributed by atoms with van der Waals surface area (Å²) in [6.07, 6.45) is 0.658. The van der Waals surface area contributed by atoms with Crippen molar-refractivity contribution < 1.29 is 19.9 Å². The molecular weight excluding hydrogens is 284 g/mol. The van der Waals surface area contributed by atoms with Crippen LogP contribution in [0.3, 0.4) is 0 Å². The van der Waals surface area contributed by atoms with Crippen molar-refractivity contribution in [2.24, 2.45) is 0 Å². The maximum absolute atomic E-state index is 12.0. The molecule has 22 heavy (non-hydrogen) atoms. The lowest BCUT2D eigenvalue weighted by molar-refractivity contribution is -0.133. The van der Waals surface area contributed by atoms with Crippen LogP contribution in [0.4, 0.5) is 0 Å². The maximum atomic E-state index is 12.0. The number of hydroxylamine groups is 1. The van der Waals surface area contributed by atoms with Crippen LogP contribution in [0, 0.1) is 11.8 Å². The van der Waals surface area contributed by atoms with E-state index in [0.717, 1.165) is 18.4 Å². The van der Waals surface area contributed by atoms with Crippen molar-refractivity contribution in [1.82, 2.24) is 10.8 Å². The van der Waals surface area contributed by atoms with Gasteiger partial charge in [-0.2, -0.15) is 0 Å². The van der Waals surface area contributed by atoms with Crippen molar-refractivity contribution >= 4 is 11.8 Å². The van der Waals surface area contributed by atoms with E-state index in [2.05, 4.69) is 17.2 Å². The normalized spacial score (nSPS) is 12.5. The minimum absolute atomic E-state index is 0.331. The van der Waals surface area contributed by atoms with Crippen molar-refractivity contribution in [2.45, 2.75) is 38.8 Å². The third kappa shape index (κ3) is 5.20. The minimum Gasteiger partial charge on any atom is -0.391 e. The van der Waals surface area contributed by atoms with E-state index >= 15 is 0 Å². The molecule has 0 aliphatic heterocycles. The second kappa shape index (κ2) is 8.82. The molecule has 1 aromatic rings. The zero-order valence-corrected chi connectivity index (χ0v) is 12.6. The topological polar surface area (TPSA) is 98.7 Å². The number of unbranched alkanes of at least 4 members (excludes halogenated alkanes) is 1. The molecule has 118 valence electrons. The van der Waals surface area contributed by atoms with E-state index in [0.29, 0.717) is 5.56 Å². The van der Waals surface area contributed by atoms with E-state index in [1.54, 1.807) is 24.3 Å². The SMILES string of the molecule is CCCC#Cc1ccc(C(=O)N[C@H](C(=O)NO)[C@@H](C)O)cc1. The van der Waals surface area contributed by atoms with Gasteiger partial charge in [-0.05, 0) is 37.6 Å². The van der Waals surface area contributed by atoms with Gasteiger partial charge >= 0.3 is 0 Å². The van der Waals surface area contributed by atoms with E-state index in [1.807, 2.05) is 6.92 Å². The molecule has 2 amide bonds. The lowest BCUT2D eigenvalue weighted by Crippen LogP contribution is -2.51. The maximum Gasteiger partial charge on any atom is 0.268 e. The minimum atomic E-state index is -1.23. The molecule has 0 aromatic heterocycles. The van der Waals surface area contributed by atoms with Crippen LogP contribution in [0.5, 0.6) is 0 Å². The molecule has 0 radical (unpaired) electrons. The molecule has 0 heterocycles. The molecular formula is C16H20N2O4. The molecule has 6 heteroatoms. The van der Waals surface area contributed by atoms with Crippen molar-refractivity contribution in [1.29, 1.82) is 0 Å². The first-order chi connectivity index (χ1) is 10.5. The van der Waals surface area contributed by atoms with Crippen LogP contribution < -0.4 is 10.8 Å². The van der Waals surface area contributed by atoms with Crippen LogP contribution in [-0.4, -0.2) is 34.3 Å². The molecule has 0 unspecified atom stereocenters. The fourth-order valence-corrected chi connectivity index (χ4v) is 1.69. The zero-order chi connectivity index (χ0) is 16.5. The van der Waals surface area contributed by atoms with Crippen molar-refractivity contribution in [3.05, 3.63) is 35.4 Å². The van der Waals surface area contributed by atoms with Crippen LogP contribution in [0.15, 0.2) is 24.3 Å². The summed E-state index contributed by atoms with van der Waals surface area (Å²) < 4.78 is 0. The number of benzene rings is 1. The summed E-state index contributed by atoms with van der Waals surface area (Å²) in [5, 5.41) is 20.4. The molecule has 1 rings (SSSR count). The van der Waals surface area contributed by atoms with Gasteiger partial charge in [-0.25, -0.2) is 5.48 Å². The van der Waals surface area contributed by atoms with Gasteiger partial charge in [-0.15, -0.1) is 0 Å². The summed E-state index contributed by atoms with van der Waals surface area (Å²) in [6, 6.07) is 5.35. The first kappa shape index (κ1) is 17.7. The smallest absolute Gasteiger partial charge is 0.268 e. The van der Waals surface area contributed by atoms with E-state index in [4.69, 9.17) is 5.21 Å². The molecule has 0 spiro atoms. The summed E-state index contributed by atoms with van der Waals surface area (Å²) in [6.45, 7) is 3.38. The van der Waals surface area contributed by atoms with Gasteiger partial charge in [-0.3, -0.25) is 14.8 Å². The zero-order valence-electron chi connectivity index (χ0n) is 12.6. The molecule has 0 saturated carbocycles. The number of aliphatic hydroxyl groups excluding tert-OH is 1. The molecule has 0 fully saturated rings. The standard InChI is InChI=1S/C16H20N2O4/c1-3-4-5-6-12-7-9-13(10-8-12)15(20)17-14(11(2)19)16(21)18-22/h7-11,14,19,22H,3-4H2,1-2H3,(H,17,20)(H,18,21)/t11-,14+/m1/s1. The fourth-order valence-electron chi connectivity index (χ4n) is 1.69. The van der Waals surface area contributed by atoms with Crippen LogP contribution in [0.2, 0.25) is 0 Å². The molecule has 0 aliphatic carbocycles. The van der Waals surface area contributed by atoms with Gasteiger partial charge in [0.15, 0.2) is 0 Å². The lowest BCUT2D eigenvalue weighted by Gasteiger charge is -2.19. The summed E-state index contributed by atoms with van der Waals surface area (Å²) >= 11 is 0. The Kier molecular flexibility index (Phi) is 7.09. The van der Waals surface area contributed by atoms with Gasteiger partial charge < -0.3 is 10.4 Å². The Hall–Kier alpha value is -2.36. The summed E-state index contributed by atoms with van der Waals surface area (Å²) in [4.78, 5) is 23.4. The molecule has 2 atom stereocenters. The first-order valence-corrected chi connectivity index (χ1v) is 7.01. The average Bonchev–Trinajstić information content (AvgIpc) is 2.52. The Morgan fingerprint density at radius 1 is 1.27 bits per heavy atom. The lowest BCUT2D eigenvalue weighted by atomic mass is 10.1. The fraction of sp³-hybridized carbons (Fsp3) is 0.375. The number of aliphatic hydroxyl groups is 1. The van der Waals surface area contributed by atoms with Crippen LogP contribution in [0.25, 0.3) is 0 Å². The first-order valence-electron chi connectivity index (χ1n) is 7.01. The number of rotatable bonds is 5. The Morgan fingerprint density at radius 2 is 1.91 bits per heavy atom. The predicted molar refractivity (Wildman–Crippen MR) is 81.1 cm³/mol. The molecule has 4 N–H and O–H groups in total. The Morgan fingerprint density at radius 3 is 2.41 bits per heavy atom. The van der Waals surface area contributed by atoms with Crippen LogP contribution in [0.1, 0.15) is 42.6 Å². The summed E-state index contributed by atoms with van der Waals surface area (Å²) in [7, 11) is 0. The number of carbonyl (C=O) groups is 2. The number of carbonyl (C=O) groups excluding carboxylic acids is 2. The molecule has 1 aromatic carbocycles. The van der Waals surface area contributed by atoms with Gasteiger partial charge in [0.2, 0.25) is 0 Å². The van der Waals surface area contributed by atoms with Crippen molar-refractivity contribution in [3.8, 4) is 11.8 Å². The molecule has 6 nitrogen and oxygen atoms in total. The Bertz CT molecular complexity index is 570. The monoisotopic (exact) mass is 304 g/mol. The quantitative estimate of drug-likeness (QED) is 0.368. The van der Waals surface area contributed by atoms with Gasteiger partial charge in [0.1, 0.15) is 6.04 Å². The third-order valence-corrected chi connectivity index (χ3v) is 2.92. The van der Waals surface area contributed by atoms with Gasteiger partial charge in [-0.1, -0.05) is 18.8 Å². The highest BCUT2D eigenvalue weighted by atomic mass is 16.5. The highest BCUT2D eigenvalue weighted by molar-refractivity contribution is 5.97. The largest absolute Gasteiger partial charge is 0.391 e. The number of hydrogen-bond donors (Lipinski definition) is 4. The van der Waals surface area contributed by atoms with Gasteiger partial charge in [0, 0.05) is 17.5 Å². The Labute approximate surface area is 129 Å². The molecule has 0 saturated heterocycles. The van der Waals surface area contributed by atoms with E-state index in [9.17, 15) is 14.7 Å². The van der Waals surface area contributed by atoms with Gasteiger partial charge in [0.05, 0.1) is 6.10 Å². The highest BCUT2D eigenvalue weighted by Gasteiger charge is 2.25. The van der Waals surface area contributed by atoms with Crippen LogP contribution in [-0.2, 0) is 4.79 Å². The van der Waals surface area contributed by atoms with Gasteiger partial charge in [0.25, 0.3) is 11.8 Å². The number of amides is 2. The van der Waals surface area contributed by atoms with E-state index in [1.165, 1.54) is 12.4 Å². The van der Waals surface area contributed by atoms with Crippen molar-refractivity contribution in [3.63, 3.8) is 0 Å². The summed E-state index contributed by atoms with van der Waals surface area (Å²) in [5.74, 6) is 4.58. The van der Waals surface area contributed by atoms with E-state index in [-0.39, 0.29) is 0 Å². The Balaban J connectivity index is 2.77. The second-order valence-electron chi connectivity index (χ2n) is 4.80. The predicted octanol–water partition coefficient (Wildman–Crippen LogP) is 0.823. The number of hydrogen-bond acceptors (Lipinski definition) is 4. The molecule has 0 bridgehead atoms. The van der Waals surface area contributed by atoms with Crippen molar-refractivity contribution in [2.75, 3.05) is 0 Å². The van der Waals surface area contributed by atoms with Crippen LogP contribution >= 0.6 is 0 Å². The second-order valence-corrected chi connectivity index (χ2v) is 4.80. The number of nitrogens with one attached hydrogen (secondary N) is 2. The molecule has 0 aliphatic rings. The highest BCUT2D eigenvalue weighted by Crippen LogP contribution is 2.05. The average molecular weight is 304 g/mol.